The molecule has 1 amide bonds. The van der Waals surface area contributed by atoms with E-state index in [1.807, 2.05) is 32.0 Å². The number of benzene rings is 2. The number of anilines is 3. The Morgan fingerprint density at radius 3 is 2.19 bits per heavy atom. The summed E-state index contributed by atoms with van der Waals surface area (Å²) in [6, 6.07) is 12.5. The number of carbonyl (C=O) groups excluding carboxylic acids is 1. The van der Waals surface area contributed by atoms with Gasteiger partial charge in [-0.25, -0.2) is 9.97 Å². The van der Waals surface area contributed by atoms with Gasteiger partial charge in [0.25, 0.3) is 5.91 Å². The second-order valence-electron chi connectivity index (χ2n) is 5.71. The van der Waals surface area contributed by atoms with Crippen molar-refractivity contribution in [3.8, 4) is 0 Å². The largest absolute Gasteiger partial charge is 0.324 e. The molecule has 0 radical (unpaired) electrons. The number of halogens is 2. The summed E-state index contributed by atoms with van der Waals surface area (Å²) in [6.45, 7) is 3.98. The molecule has 132 valence electrons. The molecule has 2 N–H and O–H groups in total. The molecule has 7 heteroatoms. The molecule has 3 rings (SSSR count). The lowest BCUT2D eigenvalue weighted by Gasteiger charge is -2.12. The Kier molecular flexibility index (Phi) is 5.40. The highest BCUT2D eigenvalue weighted by molar-refractivity contribution is 6.40. The average molecular weight is 387 g/mol. The van der Waals surface area contributed by atoms with Crippen LogP contribution in [-0.4, -0.2) is 15.9 Å². The summed E-state index contributed by atoms with van der Waals surface area (Å²) < 4.78 is 0. The Hall–Kier alpha value is -2.63. The zero-order chi connectivity index (χ0) is 18.7. The Bertz CT molecular complexity index is 935. The van der Waals surface area contributed by atoms with Gasteiger partial charge in [-0.15, -0.1) is 0 Å². The summed E-state index contributed by atoms with van der Waals surface area (Å²) >= 11 is 12.2. The van der Waals surface area contributed by atoms with Crippen molar-refractivity contribution < 1.29 is 4.79 Å². The van der Waals surface area contributed by atoms with Crippen molar-refractivity contribution in [2.24, 2.45) is 0 Å². The van der Waals surface area contributed by atoms with Crippen molar-refractivity contribution in [2.75, 3.05) is 10.6 Å². The van der Waals surface area contributed by atoms with Crippen molar-refractivity contribution in [2.45, 2.75) is 13.8 Å². The molecule has 0 aliphatic rings. The Morgan fingerprint density at radius 2 is 1.54 bits per heavy atom. The van der Waals surface area contributed by atoms with Crippen LogP contribution < -0.4 is 10.6 Å². The van der Waals surface area contributed by atoms with Crippen molar-refractivity contribution >= 4 is 46.4 Å². The zero-order valence-electron chi connectivity index (χ0n) is 14.2. The van der Waals surface area contributed by atoms with E-state index in [0.717, 1.165) is 16.8 Å². The van der Waals surface area contributed by atoms with Gasteiger partial charge in [-0.05, 0) is 43.2 Å². The standard InChI is InChI=1S/C19H16Cl2N4O/c1-11-5-3-6-12(2)16(11)25-19-22-10-9-15(23-19)18(26)24-17-13(20)7-4-8-14(17)21/h3-10H,1-2H3,(H,24,26)(H,22,23,25). The Balaban J connectivity index is 1.84. The molecule has 26 heavy (non-hydrogen) atoms. The number of hydrogen-bond acceptors (Lipinski definition) is 4. The van der Waals surface area contributed by atoms with Gasteiger partial charge in [-0.1, -0.05) is 47.5 Å². The first-order valence-corrected chi connectivity index (χ1v) is 8.63. The SMILES string of the molecule is Cc1cccc(C)c1Nc1nccc(C(=O)Nc2c(Cl)cccc2Cl)n1. The van der Waals surface area contributed by atoms with Gasteiger partial charge < -0.3 is 10.6 Å². The highest BCUT2D eigenvalue weighted by atomic mass is 35.5. The van der Waals surface area contributed by atoms with Crippen LogP contribution in [0, 0.1) is 13.8 Å². The second-order valence-corrected chi connectivity index (χ2v) is 6.52. The van der Waals surface area contributed by atoms with E-state index in [1.165, 1.54) is 12.3 Å². The van der Waals surface area contributed by atoms with Gasteiger partial charge in [0.15, 0.2) is 0 Å². The van der Waals surface area contributed by atoms with E-state index in [-0.39, 0.29) is 5.69 Å². The molecule has 0 aliphatic heterocycles. The second kappa shape index (κ2) is 7.72. The highest BCUT2D eigenvalue weighted by Gasteiger charge is 2.14. The first-order valence-electron chi connectivity index (χ1n) is 7.87. The molecule has 0 spiro atoms. The zero-order valence-corrected chi connectivity index (χ0v) is 15.7. The van der Waals surface area contributed by atoms with Crippen LogP contribution in [0.2, 0.25) is 10.0 Å². The number of carbonyl (C=O) groups is 1. The Morgan fingerprint density at radius 1 is 0.923 bits per heavy atom. The number of aryl methyl sites for hydroxylation is 2. The molecule has 0 atom stereocenters. The van der Waals surface area contributed by atoms with Gasteiger partial charge in [-0.3, -0.25) is 4.79 Å². The van der Waals surface area contributed by atoms with E-state index in [4.69, 9.17) is 23.2 Å². The van der Waals surface area contributed by atoms with Gasteiger partial charge in [-0.2, -0.15) is 0 Å². The van der Waals surface area contributed by atoms with Crippen LogP contribution >= 0.6 is 23.2 Å². The molecular weight excluding hydrogens is 371 g/mol. The van der Waals surface area contributed by atoms with Gasteiger partial charge in [0.2, 0.25) is 5.95 Å². The Labute approximate surface area is 161 Å². The molecule has 1 aromatic heterocycles. The number of amides is 1. The summed E-state index contributed by atoms with van der Waals surface area (Å²) in [5.74, 6) is -0.0905. The maximum Gasteiger partial charge on any atom is 0.274 e. The summed E-state index contributed by atoms with van der Waals surface area (Å²) in [5, 5.41) is 6.57. The predicted molar refractivity (Wildman–Crippen MR) is 106 cm³/mol. The quantitative estimate of drug-likeness (QED) is 0.629. The minimum absolute atomic E-state index is 0.199. The lowest BCUT2D eigenvalue weighted by molar-refractivity contribution is 0.102. The molecule has 0 fully saturated rings. The van der Waals surface area contributed by atoms with Crippen LogP contribution in [0.25, 0.3) is 0 Å². The molecule has 0 saturated carbocycles. The molecule has 3 aromatic rings. The van der Waals surface area contributed by atoms with Crippen LogP contribution in [0.4, 0.5) is 17.3 Å². The summed E-state index contributed by atoms with van der Waals surface area (Å²) in [6.07, 6.45) is 1.52. The maximum atomic E-state index is 12.5. The van der Waals surface area contributed by atoms with Crippen molar-refractivity contribution in [1.82, 2.24) is 9.97 Å². The lowest BCUT2D eigenvalue weighted by Crippen LogP contribution is -2.15. The number of para-hydroxylation sites is 2. The van der Waals surface area contributed by atoms with E-state index < -0.39 is 5.91 Å². The molecule has 1 heterocycles. The van der Waals surface area contributed by atoms with Gasteiger partial charge in [0.05, 0.1) is 15.7 Å². The van der Waals surface area contributed by atoms with E-state index in [0.29, 0.717) is 21.7 Å². The summed E-state index contributed by atoms with van der Waals surface area (Å²) in [7, 11) is 0. The third kappa shape index (κ3) is 3.95. The third-order valence-corrected chi connectivity index (χ3v) is 4.44. The van der Waals surface area contributed by atoms with Gasteiger partial charge >= 0.3 is 0 Å². The summed E-state index contributed by atoms with van der Waals surface area (Å²) in [4.78, 5) is 21.0. The number of nitrogens with zero attached hydrogens (tertiary/aromatic N) is 2. The first kappa shape index (κ1) is 18.2. The highest BCUT2D eigenvalue weighted by Crippen LogP contribution is 2.30. The normalized spacial score (nSPS) is 10.5. The number of rotatable bonds is 4. The molecule has 0 aliphatic carbocycles. The minimum atomic E-state index is -0.424. The van der Waals surface area contributed by atoms with Crippen molar-refractivity contribution in [1.29, 1.82) is 0 Å². The topological polar surface area (TPSA) is 66.9 Å². The van der Waals surface area contributed by atoms with E-state index >= 15 is 0 Å². The number of nitrogens with one attached hydrogen (secondary N) is 2. The van der Waals surface area contributed by atoms with Crippen molar-refractivity contribution in [3.05, 3.63) is 75.5 Å². The van der Waals surface area contributed by atoms with Gasteiger partial charge in [0, 0.05) is 11.9 Å². The maximum absolute atomic E-state index is 12.5. The van der Waals surface area contributed by atoms with E-state index in [2.05, 4.69) is 20.6 Å². The minimum Gasteiger partial charge on any atom is -0.324 e. The van der Waals surface area contributed by atoms with E-state index in [1.54, 1.807) is 18.2 Å². The first-order chi connectivity index (χ1) is 12.5. The number of hydrogen-bond donors (Lipinski definition) is 2. The van der Waals surface area contributed by atoms with Crippen LogP contribution in [0.5, 0.6) is 0 Å². The van der Waals surface area contributed by atoms with Crippen LogP contribution in [0.1, 0.15) is 21.6 Å². The monoisotopic (exact) mass is 386 g/mol. The third-order valence-electron chi connectivity index (χ3n) is 3.81. The smallest absolute Gasteiger partial charge is 0.274 e. The van der Waals surface area contributed by atoms with Gasteiger partial charge in [0.1, 0.15) is 5.69 Å². The van der Waals surface area contributed by atoms with Crippen molar-refractivity contribution in [3.63, 3.8) is 0 Å². The van der Waals surface area contributed by atoms with Crippen LogP contribution in [-0.2, 0) is 0 Å². The predicted octanol–water partition coefficient (Wildman–Crippen LogP) is 5.40. The fraction of sp³-hybridized carbons (Fsp3) is 0.105. The lowest BCUT2D eigenvalue weighted by atomic mass is 10.1. The molecule has 0 unspecified atom stereocenters. The summed E-state index contributed by atoms with van der Waals surface area (Å²) in [5.41, 5.74) is 3.59. The fourth-order valence-corrected chi connectivity index (χ4v) is 2.96. The molecule has 5 nitrogen and oxygen atoms in total. The molecule has 0 saturated heterocycles. The van der Waals surface area contributed by atoms with Crippen LogP contribution in [0.3, 0.4) is 0 Å². The van der Waals surface area contributed by atoms with E-state index in [9.17, 15) is 4.79 Å². The number of aromatic nitrogens is 2. The molecule has 2 aromatic carbocycles. The fourth-order valence-electron chi connectivity index (χ4n) is 2.46. The average Bonchev–Trinajstić information content (AvgIpc) is 2.62. The molecule has 0 bridgehead atoms. The molecular formula is C19H16Cl2N4O. The van der Waals surface area contributed by atoms with Crippen LogP contribution in [0.15, 0.2) is 48.7 Å².